The van der Waals surface area contributed by atoms with Gasteiger partial charge in [0.1, 0.15) is 17.6 Å². The molecule has 4 unspecified atom stereocenters. The van der Waals surface area contributed by atoms with Gasteiger partial charge in [0.05, 0.1) is 6.10 Å². The number of pyridine rings is 2. The van der Waals surface area contributed by atoms with E-state index in [1.807, 2.05) is 42.2 Å². The lowest BCUT2D eigenvalue weighted by atomic mass is 9.49. The average molecular weight is 490 g/mol. The molecule has 0 radical (unpaired) electrons. The van der Waals surface area contributed by atoms with Gasteiger partial charge in [-0.2, -0.15) is 0 Å². The summed E-state index contributed by atoms with van der Waals surface area (Å²) in [5, 5.41) is 17.3. The molecular formula is C28H35N5O3. The molecule has 1 aliphatic heterocycles. The van der Waals surface area contributed by atoms with Crippen molar-refractivity contribution in [3.05, 3.63) is 54.0 Å². The molecule has 3 heterocycles. The van der Waals surface area contributed by atoms with Gasteiger partial charge in [0.15, 0.2) is 0 Å². The van der Waals surface area contributed by atoms with Crippen molar-refractivity contribution in [3.63, 3.8) is 0 Å². The van der Waals surface area contributed by atoms with Crippen LogP contribution in [0.4, 0.5) is 5.82 Å². The van der Waals surface area contributed by atoms with Gasteiger partial charge in [-0.25, -0.2) is 9.97 Å². The van der Waals surface area contributed by atoms with Crippen LogP contribution < -0.4 is 15.5 Å². The zero-order chi connectivity index (χ0) is 24.9. The minimum Gasteiger partial charge on any atom is -0.393 e. The Morgan fingerprint density at radius 3 is 2.44 bits per heavy atom. The van der Waals surface area contributed by atoms with Crippen molar-refractivity contribution in [1.29, 1.82) is 0 Å². The largest absolute Gasteiger partial charge is 0.393 e. The summed E-state index contributed by atoms with van der Waals surface area (Å²) in [6.07, 6.45) is 8.00. The maximum absolute atomic E-state index is 13.8. The number of nitrogens with zero attached hydrogens (tertiary/aromatic N) is 3. The van der Waals surface area contributed by atoms with Crippen LogP contribution in [0.2, 0.25) is 0 Å². The van der Waals surface area contributed by atoms with Gasteiger partial charge in [-0.05, 0) is 88.0 Å². The van der Waals surface area contributed by atoms with Crippen LogP contribution in [-0.4, -0.2) is 56.7 Å². The molecule has 36 heavy (non-hydrogen) atoms. The highest BCUT2D eigenvalue weighted by Crippen LogP contribution is 2.57. The van der Waals surface area contributed by atoms with Gasteiger partial charge in [-0.15, -0.1) is 0 Å². The number of aromatic nitrogens is 2. The van der Waals surface area contributed by atoms with E-state index in [0.717, 1.165) is 43.6 Å². The fourth-order valence-corrected chi connectivity index (χ4v) is 7.87. The summed E-state index contributed by atoms with van der Waals surface area (Å²) in [6.45, 7) is 2.49. The van der Waals surface area contributed by atoms with Crippen LogP contribution in [0.3, 0.4) is 0 Å². The highest BCUT2D eigenvalue weighted by molar-refractivity contribution is 5.93. The Bertz CT molecular complexity index is 1140. The number of aliphatic hydroxyl groups is 1. The Labute approximate surface area is 211 Å². The molecule has 3 N–H and O–H groups in total. The topological polar surface area (TPSA) is 107 Å². The molecule has 5 fully saturated rings. The van der Waals surface area contributed by atoms with E-state index in [2.05, 4.69) is 20.6 Å². The summed E-state index contributed by atoms with van der Waals surface area (Å²) in [5.41, 5.74) is 0.634. The van der Waals surface area contributed by atoms with Crippen LogP contribution in [0, 0.1) is 18.8 Å². The predicted octanol–water partition coefficient (Wildman–Crippen LogP) is 2.75. The fraction of sp³-hybridized carbons (Fsp3) is 0.571. The zero-order valence-electron chi connectivity index (χ0n) is 20.8. The van der Waals surface area contributed by atoms with E-state index in [1.54, 1.807) is 12.3 Å². The van der Waals surface area contributed by atoms with Crippen LogP contribution in [-0.2, 0) is 4.79 Å². The van der Waals surface area contributed by atoms with Crippen molar-refractivity contribution < 1.29 is 14.7 Å². The van der Waals surface area contributed by atoms with E-state index in [0.29, 0.717) is 36.9 Å². The molecule has 2 aromatic heterocycles. The smallest absolute Gasteiger partial charge is 0.270 e. The molecule has 0 aromatic carbocycles. The first-order valence-electron chi connectivity index (χ1n) is 13.3. The third-order valence-electron chi connectivity index (χ3n) is 8.77. The number of piperidine rings is 1. The van der Waals surface area contributed by atoms with E-state index in [1.165, 1.54) is 6.42 Å². The Kier molecular flexibility index (Phi) is 5.74. The minimum absolute atomic E-state index is 0.0387. The Morgan fingerprint density at radius 1 is 1.00 bits per heavy atom. The van der Waals surface area contributed by atoms with E-state index < -0.39 is 12.1 Å². The number of anilines is 1. The Hall–Kier alpha value is -3.00. The Morgan fingerprint density at radius 2 is 1.75 bits per heavy atom. The molecule has 4 bridgehead atoms. The Balaban J connectivity index is 1.22. The second kappa shape index (κ2) is 8.83. The lowest BCUT2D eigenvalue weighted by Gasteiger charge is -2.62. The molecule has 8 heteroatoms. The number of hydrogen-bond donors (Lipinski definition) is 3. The van der Waals surface area contributed by atoms with Crippen molar-refractivity contribution in [2.24, 2.45) is 11.8 Å². The number of carbonyl (C=O) groups is 2. The molecule has 1 saturated heterocycles. The van der Waals surface area contributed by atoms with Crippen molar-refractivity contribution in [3.8, 4) is 0 Å². The van der Waals surface area contributed by atoms with Gasteiger partial charge in [-0.3, -0.25) is 9.59 Å². The molecule has 0 spiro atoms. The van der Waals surface area contributed by atoms with Crippen LogP contribution >= 0.6 is 0 Å². The highest BCUT2D eigenvalue weighted by atomic mass is 16.3. The van der Waals surface area contributed by atoms with Gasteiger partial charge < -0.3 is 20.6 Å². The lowest BCUT2D eigenvalue weighted by molar-refractivity contribution is -0.130. The van der Waals surface area contributed by atoms with Crippen molar-refractivity contribution in [2.75, 3.05) is 11.4 Å². The summed E-state index contributed by atoms with van der Waals surface area (Å²) in [7, 11) is 0. The third-order valence-corrected chi connectivity index (χ3v) is 8.77. The molecule has 4 aliphatic carbocycles. The minimum atomic E-state index is -0.496. The van der Waals surface area contributed by atoms with Crippen molar-refractivity contribution >= 4 is 17.6 Å². The molecule has 4 atom stereocenters. The molecule has 8 nitrogen and oxygen atoms in total. The third kappa shape index (κ3) is 4.36. The molecule has 4 saturated carbocycles. The SMILES string of the molecule is Cc1cccc(C(=O)NC23CC4CC(C2)CC(NC(=O)C2CC(O)CCN2c2ccccn2)(C4)C3)n1. The van der Waals surface area contributed by atoms with E-state index in [9.17, 15) is 14.7 Å². The second-order valence-electron chi connectivity index (χ2n) is 11.7. The second-order valence-corrected chi connectivity index (χ2v) is 11.7. The van der Waals surface area contributed by atoms with Gasteiger partial charge in [0.25, 0.3) is 5.91 Å². The number of aryl methyl sites for hydroxylation is 1. The first kappa shape index (κ1) is 23.4. The predicted molar refractivity (Wildman–Crippen MR) is 135 cm³/mol. The average Bonchev–Trinajstić information content (AvgIpc) is 2.83. The molecule has 7 rings (SSSR count). The summed E-state index contributed by atoms with van der Waals surface area (Å²) in [4.78, 5) is 37.9. The summed E-state index contributed by atoms with van der Waals surface area (Å²) in [6, 6.07) is 10.8. The summed E-state index contributed by atoms with van der Waals surface area (Å²) >= 11 is 0. The van der Waals surface area contributed by atoms with E-state index in [4.69, 9.17) is 0 Å². The maximum atomic E-state index is 13.8. The highest BCUT2D eigenvalue weighted by Gasteiger charge is 2.59. The normalized spacial score (nSPS) is 34.9. The number of carbonyl (C=O) groups excluding carboxylic acids is 2. The number of nitrogens with one attached hydrogen (secondary N) is 2. The van der Waals surface area contributed by atoms with E-state index in [-0.39, 0.29) is 22.9 Å². The standard InChI is InChI=1S/C28H35N5O3/c1-18-5-4-6-22(30-18)25(35)31-27-13-19-11-20(14-27)16-28(15-19,17-27)32-26(36)23-12-21(34)8-10-33(23)24-7-2-3-9-29-24/h2-7,9,19-21,23,34H,8,10-17H2,1H3,(H,31,35)(H,32,36). The van der Waals surface area contributed by atoms with Crippen LogP contribution in [0.15, 0.2) is 42.6 Å². The monoisotopic (exact) mass is 489 g/mol. The van der Waals surface area contributed by atoms with Crippen molar-refractivity contribution in [1.82, 2.24) is 20.6 Å². The maximum Gasteiger partial charge on any atom is 0.270 e. The number of rotatable bonds is 5. The first-order chi connectivity index (χ1) is 17.3. The molecule has 190 valence electrons. The van der Waals surface area contributed by atoms with Crippen molar-refractivity contribution in [2.45, 2.75) is 81.5 Å². The zero-order valence-corrected chi connectivity index (χ0v) is 20.8. The van der Waals surface area contributed by atoms with E-state index >= 15 is 0 Å². The van der Waals surface area contributed by atoms with Crippen LogP contribution in [0.5, 0.6) is 0 Å². The molecule has 2 aromatic rings. The lowest BCUT2D eigenvalue weighted by Crippen LogP contribution is -2.71. The molecule has 5 aliphatic rings. The summed E-state index contributed by atoms with van der Waals surface area (Å²) < 4.78 is 0. The van der Waals surface area contributed by atoms with Crippen LogP contribution in [0.25, 0.3) is 0 Å². The number of hydrogen-bond acceptors (Lipinski definition) is 6. The quantitative estimate of drug-likeness (QED) is 0.596. The van der Waals surface area contributed by atoms with Crippen LogP contribution in [0.1, 0.15) is 67.5 Å². The molecule has 2 amide bonds. The first-order valence-corrected chi connectivity index (χ1v) is 13.3. The number of aliphatic hydroxyl groups excluding tert-OH is 1. The fourth-order valence-electron chi connectivity index (χ4n) is 7.87. The molecular weight excluding hydrogens is 454 g/mol. The number of amides is 2. The van der Waals surface area contributed by atoms with Gasteiger partial charge in [0, 0.05) is 35.9 Å². The van der Waals surface area contributed by atoms with Gasteiger partial charge in [0.2, 0.25) is 5.91 Å². The summed E-state index contributed by atoms with van der Waals surface area (Å²) in [5.74, 6) is 1.58. The van der Waals surface area contributed by atoms with Gasteiger partial charge in [-0.1, -0.05) is 12.1 Å². The van der Waals surface area contributed by atoms with Gasteiger partial charge >= 0.3 is 0 Å².